The van der Waals surface area contributed by atoms with Crippen molar-refractivity contribution in [3.05, 3.63) is 90.0 Å². The van der Waals surface area contributed by atoms with Crippen molar-refractivity contribution in [3.8, 4) is 16.9 Å². The number of benzene rings is 3. The van der Waals surface area contributed by atoms with Gasteiger partial charge in [0.2, 0.25) is 0 Å². The molecule has 0 bridgehead atoms. The van der Waals surface area contributed by atoms with Crippen LogP contribution < -0.4 is 4.74 Å². The molecule has 0 aliphatic carbocycles. The third kappa shape index (κ3) is 3.72. The number of hydrogen-bond acceptors (Lipinski definition) is 2. The van der Waals surface area contributed by atoms with Crippen molar-refractivity contribution in [1.29, 1.82) is 0 Å². The van der Waals surface area contributed by atoms with E-state index in [0.717, 1.165) is 28.0 Å². The molecule has 2 nitrogen and oxygen atoms in total. The fourth-order valence-electron chi connectivity index (χ4n) is 2.61. The quantitative estimate of drug-likeness (QED) is 0.559. The van der Waals surface area contributed by atoms with E-state index in [-0.39, 0.29) is 5.78 Å². The summed E-state index contributed by atoms with van der Waals surface area (Å²) in [6, 6.07) is 25.8. The Labute approximate surface area is 142 Å². The molecule has 0 heterocycles. The van der Waals surface area contributed by atoms with E-state index in [2.05, 4.69) is 0 Å². The second-order valence-corrected chi connectivity index (χ2v) is 5.62. The summed E-state index contributed by atoms with van der Waals surface area (Å²) in [6.45, 7) is 2.41. The highest BCUT2D eigenvalue weighted by molar-refractivity contribution is 5.96. The zero-order valence-electron chi connectivity index (χ0n) is 13.7. The van der Waals surface area contributed by atoms with Crippen molar-refractivity contribution >= 4 is 5.78 Å². The Morgan fingerprint density at radius 2 is 1.50 bits per heavy atom. The van der Waals surface area contributed by atoms with Crippen LogP contribution in [0.5, 0.6) is 5.75 Å². The summed E-state index contributed by atoms with van der Waals surface area (Å²) in [5.74, 6) is 1.01. The van der Waals surface area contributed by atoms with Gasteiger partial charge in [0.25, 0.3) is 0 Å². The predicted octanol–water partition coefficient (Wildman–Crippen LogP) is 5.53. The van der Waals surface area contributed by atoms with Crippen LogP contribution in [0.4, 0.5) is 0 Å². The van der Waals surface area contributed by atoms with Crippen molar-refractivity contribution in [2.45, 2.75) is 20.0 Å². The third-order valence-corrected chi connectivity index (χ3v) is 3.96. The predicted molar refractivity (Wildman–Crippen MR) is 97.3 cm³/mol. The summed E-state index contributed by atoms with van der Waals surface area (Å²) >= 11 is 0. The molecule has 0 aliphatic heterocycles. The van der Waals surface area contributed by atoms with Gasteiger partial charge < -0.3 is 4.74 Å². The fraction of sp³-hybridized carbons (Fsp3) is 0.136. The van der Waals surface area contributed by atoms with Crippen molar-refractivity contribution in [2.75, 3.05) is 0 Å². The minimum atomic E-state index is 0.162. The molecular weight excluding hydrogens is 296 g/mol. The molecule has 24 heavy (non-hydrogen) atoms. The minimum Gasteiger partial charge on any atom is -0.488 e. The average molecular weight is 316 g/mol. The molecule has 120 valence electrons. The number of carbonyl (C=O) groups is 1. The van der Waals surface area contributed by atoms with Crippen LogP contribution >= 0.6 is 0 Å². The monoisotopic (exact) mass is 316 g/mol. The van der Waals surface area contributed by atoms with Gasteiger partial charge in [0, 0.05) is 17.5 Å². The van der Waals surface area contributed by atoms with E-state index in [9.17, 15) is 4.79 Å². The molecule has 0 aliphatic rings. The molecule has 0 saturated carbocycles. The Balaban J connectivity index is 1.82. The van der Waals surface area contributed by atoms with Gasteiger partial charge in [-0.1, -0.05) is 79.7 Å². The van der Waals surface area contributed by atoms with Gasteiger partial charge >= 0.3 is 0 Å². The molecule has 0 N–H and O–H groups in total. The van der Waals surface area contributed by atoms with Gasteiger partial charge in [-0.3, -0.25) is 4.79 Å². The SMILES string of the molecule is CCC(=O)c1ccc(-c2ccccc2OCc2ccccc2)cc1. The van der Waals surface area contributed by atoms with Crippen LogP contribution in [0.25, 0.3) is 11.1 Å². The smallest absolute Gasteiger partial charge is 0.162 e. The molecule has 0 fully saturated rings. The van der Waals surface area contributed by atoms with Crippen LogP contribution in [0.1, 0.15) is 29.3 Å². The summed E-state index contributed by atoms with van der Waals surface area (Å²) in [7, 11) is 0. The van der Waals surface area contributed by atoms with Crippen LogP contribution in [0, 0.1) is 0 Å². The van der Waals surface area contributed by atoms with Crippen molar-refractivity contribution in [1.82, 2.24) is 0 Å². The molecule has 3 rings (SSSR count). The van der Waals surface area contributed by atoms with Gasteiger partial charge in [0.15, 0.2) is 5.78 Å². The number of ether oxygens (including phenoxy) is 1. The molecule has 0 unspecified atom stereocenters. The van der Waals surface area contributed by atoms with Gasteiger partial charge in [-0.2, -0.15) is 0 Å². The Hall–Kier alpha value is -2.87. The first kappa shape index (κ1) is 16.0. The van der Waals surface area contributed by atoms with Crippen LogP contribution in [0.15, 0.2) is 78.9 Å². The topological polar surface area (TPSA) is 26.3 Å². The number of carbonyl (C=O) groups excluding carboxylic acids is 1. The number of Topliss-reactive ketones (excluding diaryl/α,β-unsaturated/α-hetero) is 1. The molecular formula is C22H20O2. The highest BCUT2D eigenvalue weighted by Gasteiger charge is 2.08. The summed E-state index contributed by atoms with van der Waals surface area (Å²) in [6.07, 6.45) is 0.524. The lowest BCUT2D eigenvalue weighted by molar-refractivity contribution is 0.0988. The highest BCUT2D eigenvalue weighted by Crippen LogP contribution is 2.30. The van der Waals surface area contributed by atoms with Crippen molar-refractivity contribution < 1.29 is 9.53 Å². The van der Waals surface area contributed by atoms with E-state index in [4.69, 9.17) is 4.74 Å². The Bertz CT molecular complexity index is 805. The maximum Gasteiger partial charge on any atom is 0.162 e. The second kappa shape index (κ2) is 7.60. The number of hydrogen-bond donors (Lipinski definition) is 0. The Kier molecular flexibility index (Phi) is 5.07. The molecule has 0 spiro atoms. The lowest BCUT2D eigenvalue weighted by Crippen LogP contribution is -1.98. The summed E-state index contributed by atoms with van der Waals surface area (Å²) in [5.41, 5.74) is 3.97. The highest BCUT2D eigenvalue weighted by atomic mass is 16.5. The lowest BCUT2D eigenvalue weighted by Gasteiger charge is -2.12. The lowest BCUT2D eigenvalue weighted by atomic mass is 10.0. The molecule has 3 aromatic rings. The maximum absolute atomic E-state index is 11.8. The van der Waals surface area contributed by atoms with Gasteiger partial charge in [-0.15, -0.1) is 0 Å². The van der Waals surface area contributed by atoms with E-state index >= 15 is 0 Å². The van der Waals surface area contributed by atoms with E-state index in [1.54, 1.807) is 0 Å². The first-order valence-corrected chi connectivity index (χ1v) is 8.17. The summed E-state index contributed by atoms with van der Waals surface area (Å²) < 4.78 is 6.01. The first-order chi connectivity index (χ1) is 11.8. The third-order valence-electron chi connectivity index (χ3n) is 3.96. The minimum absolute atomic E-state index is 0.162. The second-order valence-electron chi connectivity index (χ2n) is 5.62. The molecule has 3 aromatic carbocycles. The molecule has 0 radical (unpaired) electrons. The van der Waals surface area contributed by atoms with Gasteiger partial charge in [0.05, 0.1) is 0 Å². The summed E-state index contributed by atoms with van der Waals surface area (Å²) in [4.78, 5) is 11.8. The number of para-hydroxylation sites is 1. The Morgan fingerprint density at radius 1 is 0.833 bits per heavy atom. The average Bonchev–Trinajstić information content (AvgIpc) is 2.67. The fourth-order valence-corrected chi connectivity index (χ4v) is 2.61. The van der Waals surface area contributed by atoms with Crippen LogP contribution in [-0.4, -0.2) is 5.78 Å². The first-order valence-electron chi connectivity index (χ1n) is 8.17. The molecule has 0 atom stereocenters. The maximum atomic E-state index is 11.8. The zero-order chi connectivity index (χ0) is 16.8. The standard InChI is InChI=1S/C22H20O2/c1-2-21(23)19-14-12-18(13-15-19)20-10-6-7-11-22(20)24-16-17-8-4-3-5-9-17/h3-15H,2,16H2,1H3. The van der Waals surface area contributed by atoms with Crippen LogP contribution in [-0.2, 0) is 6.61 Å². The number of ketones is 1. The van der Waals surface area contributed by atoms with Crippen LogP contribution in [0.2, 0.25) is 0 Å². The van der Waals surface area contributed by atoms with Crippen LogP contribution in [0.3, 0.4) is 0 Å². The van der Waals surface area contributed by atoms with Gasteiger partial charge in [-0.05, 0) is 17.2 Å². The normalized spacial score (nSPS) is 10.4. The molecule has 0 saturated heterocycles. The Morgan fingerprint density at radius 3 is 2.21 bits per heavy atom. The van der Waals surface area contributed by atoms with E-state index in [1.807, 2.05) is 85.8 Å². The molecule has 2 heteroatoms. The van der Waals surface area contributed by atoms with E-state index < -0.39 is 0 Å². The van der Waals surface area contributed by atoms with Gasteiger partial charge in [-0.25, -0.2) is 0 Å². The van der Waals surface area contributed by atoms with E-state index in [1.165, 1.54) is 0 Å². The van der Waals surface area contributed by atoms with E-state index in [0.29, 0.717) is 13.0 Å². The zero-order valence-corrected chi connectivity index (χ0v) is 13.7. The summed E-state index contributed by atoms with van der Waals surface area (Å²) in [5, 5.41) is 0. The molecule has 0 amide bonds. The number of rotatable bonds is 6. The van der Waals surface area contributed by atoms with Crippen molar-refractivity contribution in [2.24, 2.45) is 0 Å². The van der Waals surface area contributed by atoms with Gasteiger partial charge in [0.1, 0.15) is 12.4 Å². The molecule has 0 aromatic heterocycles. The largest absolute Gasteiger partial charge is 0.488 e. The van der Waals surface area contributed by atoms with Crippen molar-refractivity contribution in [3.63, 3.8) is 0 Å².